The Bertz CT molecular complexity index is 2630. The molecule has 2 aliphatic heterocycles. The van der Waals surface area contributed by atoms with Crippen LogP contribution in [0.5, 0.6) is 11.5 Å². The minimum absolute atomic E-state index is 0.0572. The van der Waals surface area contributed by atoms with Gasteiger partial charge in [0, 0.05) is 52.5 Å². The summed E-state index contributed by atoms with van der Waals surface area (Å²) < 4.78 is 8.31. The summed E-state index contributed by atoms with van der Waals surface area (Å²) in [5, 5.41) is 28.4. The fourth-order valence-corrected chi connectivity index (χ4v) is 11.0. The molecule has 2 aromatic heterocycles. The molecule has 3 aromatic carbocycles. The number of phenols is 1. The fourth-order valence-electron chi connectivity index (χ4n) is 9.73. The number of benzene rings is 3. The van der Waals surface area contributed by atoms with Crippen molar-refractivity contribution in [2.24, 2.45) is 36.1 Å². The summed E-state index contributed by atoms with van der Waals surface area (Å²) in [6, 6.07) is 17.4. The van der Waals surface area contributed by atoms with Gasteiger partial charge in [0.25, 0.3) is 5.69 Å². The predicted octanol–water partition coefficient (Wildman–Crippen LogP) is 7.32. The van der Waals surface area contributed by atoms with Crippen LogP contribution in [0.25, 0.3) is 20.7 Å². The molecule has 15 heteroatoms. The zero-order valence-corrected chi connectivity index (χ0v) is 32.1. The Balaban J connectivity index is 1.16. The number of allylic oxidation sites excluding steroid dienone is 2. The van der Waals surface area contributed by atoms with Crippen molar-refractivity contribution in [2.75, 3.05) is 16.9 Å². The summed E-state index contributed by atoms with van der Waals surface area (Å²) >= 11 is 7.85. The Morgan fingerprint density at radius 3 is 2.54 bits per heavy atom. The third kappa shape index (κ3) is 4.94. The quantitative estimate of drug-likeness (QED) is 0.0803. The first kappa shape index (κ1) is 35.8. The maximum absolute atomic E-state index is 15.2. The van der Waals surface area contributed by atoms with Gasteiger partial charge in [-0.15, -0.1) is 11.3 Å². The molecule has 0 bridgehead atoms. The highest BCUT2D eigenvalue weighted by molar-refractivity contribution is 7.22. The number of carbonyl (C=O) groups excluding carboxylic acids is 4. The number of carbonyl (C=O) groups is 4. The topological polar surface area (TPSA) is 165 Å². The molecule has 9 rings (SSSR count). The van der Waals surface area contributed by atoms with Crippen molar-refractivity contribution in [1.29, 1.82) is 0 Å². The van der Waals surface area contributed by atoms with Crippen LogP contribution < -0.4 is 14.5 Å². The number of nitro groups is 1. The summed E-state index contributed by atoms with van der Waals surface area (Å²) in [5.74, 6) is -5.38. The number of hydrogen-bond donors (Lipinski definition) is 1. The van der Waals surface area contributed by atoms with E-state index in [4.69, 9.17) is 21.4 Å². The predicted molar refractivity (Wildman–Crippen MR) is 209 cm³/mol. The normalized spacial score (nSPS) is 25.7. The van der Waals surface area contributed by atoms with E-state index >= 15 is 4.79 Å². The molecule has 56 heavy (non-hydrogen) atoms. The average molecular weight is 792 g/mol. The van der Waals surface area contributed by atoms with Crippen LogP contribution >= 0.6 is 22.9 Å². The Kier molecular flexibility index (Phi) is 8.05. The number of phenolic OH excluding ortho intramolecular Hbond substituents is 1. The fraction of sp³-hybridized carbons (Fsp3) is 0.293. The van der Waals surface area contributed by atoms with Crippen molar-refractivity contribution in [3.8, 4) is 22.1 Å². The summed E-state index contributed by atoms with van der Waals surface area (Å²) in [7, 11) is 3.14. The van der Waals surface area contributed by atoms with E-state index in [0.29, 0.717) is 22.0 Å². The van der Waals surface area contributed by atoms with E-state index in [1.54, 1.807) is 26.1 Å². The molecule has 5 aromatic rings. The highest BCUT2D eigenvalue weighted by Gasteiger charge is 2.68. The van der Waals surface area contributed by atoms with E-state index in [2.05, 4.69) is 0 Å². The Labute approximate surface area is 328 Å². The van der Waals surface area contributed by atoms with E-state index in [-0.39, 0.29) is 35.8 Å². The van der Waals surface area contributed by atoms with Crippen molar-refractivity contribution < 1.29 is 33.9 Å². The number of fused-ring (bicyclic) bond motifs is 5. The molecular formula is C41H34ClN5O8S. The number of amides is 4. The highest BCUT2D eigenvalue weighted by Crippen LogP contribution is 2.64. The molecule has 2 aliphatic carbocycles. The lowest BCUT2D eigenvalue weighted by molar-refractivity contribution is -0.384. The molecule has 4 amide bonds. The molecule has 4 heterocycles. The van der Waals surface area contributed by atoms with E-state index < -0.39 is 63.6 Å². The number of hydrogen-bond acceptors (Lipinski definition) is 10. The molecule has 4 aliphatic rings. The molecule has 1 saturated carbocycles. The molecule has 0 radical (unpaired) electrons. The number of imide groups is 2. The zero-order chi connectivity index (χ0) is 39.5. The molecular weight excluding hydrogens is 758 g/mol. The van der Waals surface area contributed by atoms with E-state index in [9.17, 15) is 29.6 Å². The van der Waals surface area contributed by atoms with Gasteiger partial charge < -0.3 is 9.84 Å². The van der Waals surface area contributed by atoms with Gasteiger partial charge in [-0.2, -0.15) is 5.10 Å². The standard InChI is InChI=1S/C41H34ClN5O8S/c1-19-27-14-20(42)8-13-32(27)56-36(19)30-18-33(44(3)43-30)46-38(50)29-17-28-24(35(41(29,2)40(46)52)25-10-9-23(48)16-31(25)55-4)11-12-26-34(28)39(51)45(37(26)49)21-6-5-7-22(15-21)47(53)54/h5-11,13-16,18,26,28-29,34-35,48H,12,17H2,1-4H3/t26-,28+,29-,34-,35+,41+/m0/s1. The van der Waals surface area contributed by atoms with Crippen LogP contribution in [0.3, 0.4) is 0 Å². The lowest BCUT2D eigenvalue weighted by atomic mass is 9.51. The number of aryl methyl sites for hydroxylation is 2. The third-order valence-corrected chi connectivity index (χ3v) is 13.8. The number of methoxy groups -OCH3 is 1. The monoisotopic (exact) mass is 791 g/mol. The molecule has 13 nitrogen and oxygen atoms in total. The van der Waals surface area contributed by atoms with Crippen LogP contribution in [0.1, 0.15) is 36.8 Å². The van der Waals surface area contributed by atoms with Crippen LogP contribution in [-0.4, -0.2) is 50.5 Å². The number of aromatic hydroxyl groups is 1. The van der Waals surface area contributed by atoms with Gasteiger partial charge in [0.05, 0.1) is 45.8 Å². The van der Waals surface area contributed by atoms with Gasteiger partial charge in [-0.3, -0.25) is 34.0 Å². The number of anilines is 2. The number of thiophene rings is 1. The zero-order valence-electron chi connectivity index (χ0n) is 30.6. The number of ether oxygens (including phenoxy) is 1. The first-order valence-electron chi connectivity index (χ1n) is 18.0. The summed E-state index contributed by atoms with van der Waals surface area (Å²) in [6.07, 6.45) is 2.19. The van der Waals surface area contributed by atoms with E-state index in [1.807, 2.05) is 31.2 Å². The van der Waals surface area contributed by atoms with Gasteiger partial charge in [0.15, 0.2) is 0 Å². The summed E-state index contributed by atoms with van der Waals surface area (Å²) in [5.41, 5.74) is 1.30. The Morgan fingerprint density at radius 1 is 1.00 bits per heavy atom. The second-order valence-electron chi connectivity index (χ2n) is 15.1. The van der Waals surface area contributed by atoms with Crippen molar-refractivity contribution >= 4 is 73.8 Å². The van der Waals surface area contributed by atoms with Gasteiger partial charge in [-0.25, -0.2) is 9.80 Å². The molecule has 1 N–H and O–H groups in total. The minimum atomic E-state index is -1.38. The third-order valence-electron chi connectivity index (χ3n) is 12.3. The van der Waals surface area contributed by atoms with E-state index in [1.165, 1.54) is 64.4 Å². The maximum atomic E-state index is 15.2. The van der Waals surface area contributed by atoms with Crippen LogP contribution in [0.15, 0.2) is 78.4 Å². The van der Waals surface area contributed by atoms with Gasteiger partial charge in [-0.05, 0) is 73.9 Å². The van der Waals surface area contributed by atoms with Gasteiger partial charge in [0.2, 0.25) is 23.6 Å². The lowest BCUT2D eigenvalue weighted by Gasteiger charge is -2.49. The number of nitrogens with zero attached hydrogens (tertiary/aromatic N) is 5. The van der Waals surface area contributed by atoms with Gasteiger partial charge >= 0.3 is 0 Å². The Hall–Kier alpha value is -5.86. The van der Waals surface area contributed by atoms with Gasteiger partial charge in [0.1, 0.15) is 23.0 Å². The Morgan fingerprint density at radius 2 is 1.79 bits per heavy atom. The SMILES string of the molecule is COc1cc(O)ccc1[C@H]1C2=CC[C@@H]3C(=O)N(c4cccc([N+](=O)[O-])c4)C(=O)[C@@H]3[C@@H]2C[C@H]2C(=O)N(c3cc(-c4sc5ccc(Cl)cc5c4C)nn3C)C(=O)[C@@]12C. The number of nitro benzene ring substituents is 1. The number of non-ortho nitro benzene ring substituents is 1. The molecule has 6 atom stereocenters. The largest absolute Gasteiger partial charge is 0.508 e. The number of aromatic nitrogens is 2. The maximum Gasteiger partial charge on any atom is 0.271 e. The van der Waals surface area contributed by atoms with Crippen molar-refractivity contribution in [1.82, 2.24) is 9.78 Å². The molecule has 3 fully saturated rings. The summed E-state index contributed by atoms with van der Waals surface area (Å²) in [4.78, 5) is 72.7. The highest BCUT2D eigenvalue weighted by atomic mass is 35.5. The van der Waals surface area contributed by atoms with Crippen molar-refractivity contribution in [3.05, 3.63) is 105 Å². The molecule has 2 saturated heterocycles. The van der Waals surface area contributed by atoms with Crippen molar-refractivity contribution in [3.63, 3.8) is 0 Å². The first-order valence-corrected chi connectivity index (χ1v) is 19.2. The second kappa shape index (κ2) is 12.6. The minimum Gasteiger partial charge on any atom is -0.508 e. The lowest BCUT2D eigenvalue weighted by Crippen LogP contribution is -2.49. The average Bonchev–Trinajstić information content (AvgIpc) is 3.85. The second-order valence-corrected chi connectivity index (χ2v) is 16.6. The van der Waals surface area contributed by atoms with E-state index in [0.717, 1.165) is 31.0 Å². The number of halogens is 1. The number of rotatable bonds is 6. The summed E-state index contributed by atoms with van der Waals surface area (Å²) in [6.45, 7) is 3.75. The van der Waals surface area contributed by atoms with Crippen LogP contribution in [0, 0.1) is 46.1 Å². The smallest absolute Gasteiger partial charge is 0.271 e. The molecule has 284 valence electrons. The first-order chi connectivity index (χ1) is 26.7. The van der Waals surface area contributed by atoms with Crippen molar-refractivity contribution in [2.45, 2.75) is 32.6 Å². The molecule has 0 unspecified atom stereocenters. The van der Waals surface area contributed by atoms with Crippen LogP contribution in [0.4, 0.5) is 17.2 Å². The molecule has 0 spiro atoms. The van der Waals surface area contributed by atoms with Gasteiger partial charge in [-0.1, -0.05) is 35.4 Å². The van der Waals surface area contributed by atoms with Crippen LogP contribution in [0.2, 0.25) is 5.02 Å². The van der Waals surface area contributed by atoms with Crippen LogP contribution in [-0.2, 0) is 26.2 Å².